The summed E-state index contributed by atoms with van der Waals surface area (Å²) in [7, 11) is 0. The lowest BCUT2D eigenvalue weighted by molar-refractivity contribution is -0.147. The topological polar surface area (TPSA) is 179 Å². The largest absolute Gasteiger partial charge is 0.481 e. The molecular weight excluding hydrogens is 456 g/mol. The van der Waals surface area contributed by atoms with Crippen LogP contribution in [0.15, 0.2) is 30.3 Å². The van der Waals surface area contributed by atoms with Crippen LogP contribution in [0.2, 0.25) is 0 Å². The SMILES string of the molecule is CCC(C)C(NC(=O)C1CCCN1C(=O)C(N)Cc1ccccc1)C(=O)NC(CC(=O)O)C(=O)O. The standard InChI is InChI=1S/C24H34N4O7/c1-3-14(2)20(22(32)26-17(24(34)35)13-19(29)30)27-21(31)18-10-7-11-28(18)23(33)16(25)12-15-8-5-4-6-9-15/h4-6,8-9,14,16-18,20H,3,7,10-13,25H2,1-2H3,(H,26,32)(H,27,31)(H,29,30)(H,34,35). The number of carbonyl (C=O) groups is 5. The molecule has 11 heteroatoms. The zero-order valence-electron chi connectivity index (χ0n) is 20.0. The third-order valence-corrected chi connectivity index (χ3v) is 6.24. The van der Waals surface area contributed by atoms with E-state index in [0.717, 1.165) is 5.56 Å². The van der Waals surface area contributed by atoms with E-state index >= 15 is 0 Å². The van der Waals surface area contributed by atoms with Crippen molar-refractivity contribution in [3.63, 3.8) is 0 Å². The van der Waals surface area contributed by atoms with Gasteiger partial charge in [-0.05, 0) is 30.7 Å². The molecule has 0 saturated carbocycles. The number of nitrogens with one attached hydrogen (secondary N) is 2. The summed E-state index contributed by atoms with van der Waals surface area (Å²) in [6.45, 7) is 3.88. The first kappa shape index (κ1) is 27.8. The minimum Gasteiger partial charge on any atom is -0.481 e. The highest BCUT2D eigenvalue weighted by atomic mass is 16.4. The molecule has 35 heavy (non-hydrogen) atoms. The zero-order valence-corrected chi connectivity index (χ0v) is 20.0. The van der Waals surface area contributed by atoms with Gasteiger partial charge in [-0.1, -0.05) is 50.6 Å². The van der Waals surface area contributed by atoms with Crippen molar-refractivity contribution in [3.8, 4) is 0 Å². The summed E-state index contributed by atoms with van der Waals surface area (Å²) in [5.41, 5.74) is 7.04. The maximum atomic E-state index is 13.1. The van der Waals surface area contributed by atoms with Crippen LogP contribution in [-0.4, -0.2) is 75.5 Å². The van der Waals surface area contributed by atoms with Gasteiger partial charge >= 0.3 is 11.9 Å². The van der Waals surface area contributed by atoms with Gasteiger partial charge in [-0.3, -0.25) is 19.2 Å². The second kappa shape index (κ2) is 12.8. The molecule has 1 aromatic carbocycles. The number of likely N-dealkylation sites (tertiary alicyclic amines) is 1. The molecule has 0 aromatic heterocycles. The molecule has 2 rings (SSSR count). The van der Waals surface area contributed by atoms with Gasteiger partial charge in [0.1, 0.15) is 18.1 Å². The van der Waals surface area contributed by atoms with Crippen LogP contribution in [0, 0.1) is 5.92 Å². The number of carboxylic acid groups (broad SMARTS) is 2. The highest BCUT2D eigenvalue weighted by molar-refractivity contribution is 5.95. The molecule has 6 N–H and O–H groups in total. The lowest BCUT2D eigenvalue weighted by atomic mass is 9.97. The van der Waals surface area contributed by atoms with Crippen LogP contribution in [0.25, 0.3) is 0 Å². The average molecular weight is 491 g/mol. The minimum atomic E-state index is -1.64. The fraction of sp³-hybridized carbons (Fsp3) is 0.542. The predicted octanol–water partition coefficient (Wildman–Crippen LogP) is 0.122. The van der Waals surface area contributed by atoms with Crippen molar-refractivity contribution < 1.29 is 34.2 Å². The van der Waals surface area contributed by atoms with Gasteiger partial charge in [0.15, 0.2) is 0 Å². The van der Waals surface area contributed by atoms with Crippen molar-refractivity contribution in [1.29, 1.82) is 0 Å². The molecule has 192 valence electrons. The molecule has 0 radical (unpaired) electrons. The number of hydrogen-bond acceptors (Lipinski definition) is 6. The molecule has 1 aromatic rings. The van der Waals surface area contributed by atoms with Crippen molar-refractivity contribution in [2.45, 2.75) is 70.1 Å². The number of nitrogens with two attached hydrogens (primary N) is 1. The first-order valence-electron chi connectivity index (χ1n) is 11.7. The Kier molecular flexibility index (Phi) is 10.2. The van der Waals surface area contributed by atoms with E-state index in [4.69, 9.17) is 10.8 Å². The van der Waals surface area contributed by atoms with Crippen LogP contribution < -0.4 is 16.4 Å². The Labute approximate surface area is 204 Å². The Morgan fingerprint density at radius 1 is 1.11 bits per heavy atom. The Bertz CT molecular complexity index is 924. The number of aliphatic carboxylic acids is 2. The molecule has 0 bridgehead atoms. The molecule has 1 aliphatic rings. The molecule has 11 nitrogen and oxygen atoms in total. The lowest BCUT2D eigenvalue weighted by Crippen LogP contribution is -2.58. The Morgan fingerprint density at radius 2 is 1.77 bits per heavy atom. The number of rotatable bonds is 12. The molecule has 1 saturated heterocycles. The molecule has 5 atom stereocenters. The number of carboxylic acids is 2. The maximum absolute atomic E-state index is 13.1. The van der Waals surface area contributed by atoms with E-state index < -0.39 is 54.3 Å². The summed E-state index contributed by atoms with van der Waals surface area (Å²) in [6.07, 6.45) is 1.02. The van der Waals surface area contributed by atoms with Crippen LogP contribution in [0.5, 0.6) is 0 Å². The Balaban J connectivity index is 2.10. The van der Waals surface area contributed by atoms with Gasteiger partial charge < -0.3 is 31.5 Å². The maximum Gasteiger partial charge on any atom is 0.326 e. The van der Waals surface area contributed by atoms with Crippen LogP contribution in [-0.2, 0) is 30.4 Å². The van der Waals surface area contributed by atoms with E-state index in [9.17, 15) is 29.1 Å². The fourth-order valence-corrected chi connectivity index (χ4v) is 4.06. The number of benzene rings is 1. The second-order valence-electron chi connectivity index (χ2n) is 8.85. The van der Waals surface area contributed by atoms with Gasteiger partial charge in [-0.2, -0.15) is 0 Å². The molecule has 1 aliphatic heterocycles. The van der Waals surface area contributed by atoms with Crippen LogP contribution >= 0.6 is 0 Å². The highest BCUT2D eigenvalue weighted by Crippen LogP contribution is 2.20. The van der Waals surface area contributed by atoms with Gasteiger partial charge in [0.25, 0.3) is 0 Å². The first-order valence-corrected chi connectivity index (χ1v) is 11.7. The minimum absolute atomic E-state index is 0.322. The normalized spacial score (nSPS) is 18.7. The van der Waals surface area contributed by atoms with E-state index in [0.29, 0.717) is 32.2 Å². The van der Waals surface area contributed by atoms with Crippen molar-refractivity contribution >= 4 is 29.7 Å². The summed E-state index contributed by atoms with van der Waals surface area (Å²) in [4.78, 5) is 62.7. The molecule has 5 unspecified atom stereocenters. The third-order valence-electron chi connectivity index (χ3n) is 6.24. The monoisotopic (exact) mass is 490 g/mol. The number of carbonyl (C=O) groups excluding carboxylic acids is 3. The van der Waals surface area contributed by atoms with E-state index in [1.807, 2.05) is 30.3 Å². The Morgan fingerprint density at radius 3 is 2.34 bits per heavy atom. The molecule has 1 fully saturated rings. The van der Waals surface area contributed by atoms with E-state index in [1.165, 1.54) is 4.90 Å². The number of nitrogens with zero attached hydrogens (tertiary/aromatic N) is 1. The Hall–Kier alpha value is -3.47. The summed E-state index contributed by atoms with van der Waals surface area (Å²) in [6, 6.07) is 4.93. The van der Waals surface area contributed by atoms with Crippen LogP contribution in [0.4, 0.5) is 0 Å². The number of hydrogen-bond donors (Lipinski definition) is 5. The van der Waals surface area contributed by atoms with Gasteiger partial charge in [0.05, 0.1) is 12.5 Å². The smallest absolute Gasteiger partial charge is 0.326 e. The zero-order chi connectivity index (χ0) is 26.1. The van der Waals surface area contributed by atoms with Gasteiger partial charge in [-0.15, -0.1) is 0 Å². The number of amides is 3. The molecule has 3 amide bonds. The van der Waals surface area contributed by atoms with Crippen molar-refractivity contribution in [2.75, 3.05) is 6.54 Å². The van der Waals surface area contributed by atoms with E-state index in [1.54, 1.807) is 13.8 Å². The molecule has 0 aliphatic carbocycles. The van der Waals surface area contributed by atoms with E-state index in [2.05, 4.69) is 10.6 Å². The van der Waals surface area contributed by atoms with Gasteiger partial charge in [0.2, 0.25) is 17.7 Å². The van der Waals surface area contributed by atoms with Crippen LogP contribution in [0.1, 0.15) is 45.1 Å². The fourth-order valence-electron chi connectivity index (χ4n) is 4.06. The molecule has 1 heterocycles. The van der Waals surface area contributed by atoms with Crippen molar-refractivity contribution in [3.05, 3.63) is 35.9 Å². The van der Waals surface area contributed by atoms with Gasteiger partial charge in [-0.25, -0.2) is 4.79 Å². The summed E-state index contributed by atoms with van der Waals surface area (Å²) >= 11 is 0. The molecule has 0 spiro atoms. The van der Waals surface area contributed by atoms with Crippen molar-refractivity contribution in [1.82, 2.24) is 15.5 Å². The quantitative estimate of drug-likeness (QED) is 0.274. The average Bonchev–Trinajstić information content (AvgIpc) is 3.31. The van der Waals surface area contributed by atoms with E-state index in [-0.39, 0.29) is 11.8 Å². The second-order valence-corrected chi connectivity index (χ2v) is 8.85. The summed E-state index contributed by atoms with van der Waals surface area (Å²) in [5.74, 6) is -4.93. The molecular formula is C24H34N4O7. The van der Waals surface area contributed by atoms with Crippen molar-refractivity contribution in [2.24, 2.45) is 11.7 Å². The highest BCUT2D eigenvalue weighted by Gasteiger charge is 2.39. The summed E-state index contributed by atoms with van der Waals surface area (Å²) < 4.78 is 0. The third kappa shape index (κ3) is 7.78. The summed E-state index contributed by atoms with van der Waals surface area (Å²) in [5, 5.41) is 23.0. The van der Waals surface area contributed by atoms with Gasteiger partial charge in [0, 0.05) is 6.54 Å². The van der Waals surface area contributed by atoms with Crippen LogP contribution in [0.3, 0.4) is 0 Å². The first-order chi connectivity index (χ1) is 16.5. The predicted molar refractivity (Wildman–Crippen MR) is 126 cm³/mol. The lowest BCUT2D eigenvalue weighted by Gasteiger charge is -2.30.